The first-order valence-corrected chi connectivity index (χ1v) is 8.29. The average molecular weight is 361 g/mol. The van der Waals surface area contributed by atoms with Crippen molar-refractivity contribution in [1.29, 1.82) is 10.5 Å². The maximum absolute atomic E-state index is 14.4. The SMILES string of the molecule is N#Cc1c(N)nc(Sc2ccccc2N)c(C#N)c1-c1ccccc1F. The first-order chi connectivity index (χ1) is 12.6. The Morgan fingerprint density at radius 3 is 2.23 bits per heavy atom. The number of aromatic nitrogens is 1. The van der Waals surface area contributed by atoms with Gasteiger partial charge in [-0.25, -0.2) is 9.37 Å². The molecular formula is C19H12FN5S. The van der Waals surface area contributed by atoms with Crippen molar-refractivity contribution in [2.24, 2.45) is 0 Å². The molecule has 3 rings (SSSR count). The van der Waals surface area contributed by atoms with Gasteiger partial charge in [0.15, 0.2) is 0 Å². The Bertz CT molecular complexity index is 1080. The highest BCUT2D eigenvalue weighted by Crippen LogP contribution is 2.40. The summed E-state index contributed by atoms with van der Waals surface area (Å²) >= 11 is 1.14. The van der Waals surface area contributed by atoms with Crippen LogP contribution in [-0.2, 0) is 0 Å². The number of benzene rings is 2. The third kappa shape index (κ3) is 3.04. The lowest BCUT2D eigenvalue weighted by atomic mass is 9.96. The molecule has 4 N–H and O–H groups in total. The molecule has 5 nitrogen and oxygen atoms in total. The van der Waals surface area contributed by atoms with Crippen LogP contribution >= 0.6 is 11.8 Å². The quantitative estimate of drug-likeness (QED) is 0.683. The molecule has 0 aliphatic rings. The normalized spacial score (nSPS) is 10.1. The van der Waals surface area contributed by atoms with E-state index in [0.717, 1.165) is 11.8 Å². The molecule has 0 amide bonds. The number of nitrogen functional groups attached to an aromatic ring is 2. The fraction of sp³-hybridized carbons (Fsp3) is 0. The van der Waals surface area contributed by atoms with Crippen molar-refractivity contribution >= 4 is 23.3 Å². The predicted molar refractivity (Wildman–Crippen MR) is 98.5 cm³/mol. The molecule has 1 heterocycles. The van der Waals surface area contributed by atoms with E-state index in [0.29, 0.717) is 10.6 Å². The number of anilines is 2. The molecule has 0 saturated heterocycles. The lowest BCUT2D eigenvalue weighted by molar-refractivity contribution is 0.631. The van der Waals surface area contributed by atoms with E-state index in [1.54, 1.807) is 30.3 Å². The molecular weight excluding hydrogens is 349 g/mol. The van der Waals surface area contributed by atoms with Crippen molar-refractivity contribution in [3.63, 3.8) is 0 Å². The number of hydrogen-bond acceptors (Lipinski definition) is 6. The van der Waals surface area contributed by atoms with Crippen LogP contribution in [0.1, 0.15) is 11.1 Å². The van der Waals surface area contributed by atoms with Gasteiger partial charge in [0.05, 0.1) is 5.56 Å². The number of pyridine rings is 1. The summed E-state index contributed by atoms with van der Waals surface area (Å²) in [5.41, 5.74) is 12.7. The molecule has 0 unspecified atom stereocenters. The molecule has 0 saturated carbocycles. The van der Waals surface area contributed by atoms with Crippen molar-refractivity contribution in [3.05, 3.63) is 65.5 Å². The highest BCUT2D eigenvalue weighted by atomic mass is 32.2. The fourth-order valence-electron chi connectivity index (χ4n) is 2.48. The topological polar surface area (TPSA) is 113 Å². The van der Waals surface area contributed by atoms with Gasteiger partial charge in [-0.3, -0.25) is 0 Å². The highest BCUT2D eigenvalue weighted by Gasteiger charge is 2.23. The summed E-state index contributed by atoms with van der Waals surface area (Å²) in [6.45, 7) is 0. The monoisotopic (exact) mass is 361 g/mol. The molecule has 126 valence electrons. The second-order valence-corrected chi connectivity index (χ2v) is 6.30. The van der Waals surface area contributed by atoms with Crippen LogP contribution in [0.25, 0.3) is 11.1 Å². The molecule has 1 aromatic heterocycles. The zero-order valence-electron chi connectivity index (χ0n) is 13.4. The smallest absolute Gasteiger partial charge is 0.143 e. The molecule has 0 bridgehead atoms. The van der Waals surface area contributed by atoms with Crippen LogP contribution in [0.3, 0.4) is 0 Å². The van der Waals surface area contributed by atoms with E-state index in [2.05, 4.69) is 4.98 Å². The van der Waals surface area contributed by atoms with E-state index in [1.807, 2.05) is 12.1 Å². The number of nitrogens with two attached hydrogens (primary N) is 2. The standard InChI is InChI=1S/C19H12FN5S/c20-14-6-2-1-5-11(14)17-12(9-21)18(24)25-19(13(17)10-22)26-16-8-4-3-7-15(16)23/h1-8H,23H2,(H2,24,25). The summed E-state index contributed by atoms with van der Waals surface area (Å²) < 4.78 is 14.4. The molecule has 0 spiro atoms. The Morgan fingerprint density at radius 1 is 0.923 bits per heavy atom. The first-order valence-electron chi connectivity index (χ1n) is 7.47. The molecule has 0 aliphatic heterocycles. The molecule has 2 aromatic carbocycles. The lowest BCUT2D eigenvalue weighted by Gasteiger charge is -2.14. The molecule has 0 radical (unpaired) electrons. The van der Waals surface area contributed by atoms with E-state index >= 15 is 0 Å². The Kier molecular flexibility index (Phi) is 4.74. The van der Waals surface area contributed by atoms with E-state index in [9.17, 15) is 14.9 Å². The summed E-state index contributed by atoms with van der Waals surface area (Å²) in [6, 6.07) is 17.0. The fourth-order valence-corrected chi connectivity index (χ4v) is 3.42. The van der Waals surface area contributed by atoms with Crippen molar-refractivity contribution in [2.75, 3.05) is 11.5 Å². The van der Waals surface area contributed by atoms with E-state index in [1.165, 1.54) is 18.2 Å². The van der Waals surface area contributed by atoms with Gasteiger partial charge >= 0.3 is 0 Å². The van der Waals surface area contributed by atoms with Gasteiger partial charge in [0.2, 0.25) is 0 Å². The van der Waals surface area contributed by atoms with Crippen molar-refractivity contribution in [2.45, 2.75) is 9.92 Å². The molecule has 7 heteroatoms. The molecule has 3 aromatic rings. The number of rotatable bonds is 3. The van der Waals surface area contributed by atoms with E-state index in [-0.39, 0.29) is 33.1 Å². The second-order valence-electron chi connectivity index (χ2n) is 5.27. The van der Waals surface area contributed by atoms with Crippen LogP contribution in [0.2, 0.25) is 0 Å². The largest absolute Gasteiger partial charge is 0.398 e. The van der Waals surface area contributed by atoms with Gasteiger partial charge in [-0.2, -0.15) is 10.5 Å². The van der Waals surface area contributed by atoms with Gasteiger partial charge in [0.25, 0.3) is 0 Å². The second kappa shape index (κ2) is 7.14. The molecule has 0 atom stereocenters. The Morgan fingerprint density at radius 2 is 1.58 bits per heavy atom. The summed E-state index contributed by atoms with van der Waals surface area (Å²) in [6.07, 6.45) is 0. The Hall–Kier alpha value is -3.55. The van der Waals surface area contributed by atoms with E-state index in [4.69, 9.17) is 11.5 Å². The minimum Gasteiger partial charge on any atom is -0.398 e. The lowest BCUT2D eigenvalue weighted by Crippen LogP contribution is -2.04. The van der Waals surface area contributed by atoms with Crippen LogP contribution in [0.5, 0.6) is 0 Å². The summed E-state index contributed by atoms with van der Waals surface area (Å²) in [5.74, 6) is -0.622. The van der Waals surface area contributed by atoms with Crippen molar-refractivity contribution in [3.8, 4) is 23.3 Å². The van der Waals surface area contributed by atoms with Gasteiger partial charge in [0, 0.05) is 21.7 Å². The van der Waals surface area contributed by atoms with Gasteiger partial charge in [-0.1, -0.05) is 42.1 Å². The van der Waals surface area contributed by atoms with Gasteiger partial charge in [0.1, 0.15) is 34.4 Å². The van der Waals surface area contributed by atoms with Gasteiger partial charge < -0.3 is 11.5 Å². The number of nitriles is 2. The van der Waals surface area contributed by atoms with Gasteiger partial charge in [-0.15, -0.1) is 0 Å². The van der Waals surface area contributed by atoms with Crippen molar-refractivity contribution < 1.29 is 4.39 Å². The van der Waals surface area contributed by atoms with Crippen LogP contribution in [0.15, 0.2) is 58.5 Å². The number of para-hydroxylation sites is 1. The third-order valence-electron chi connectivity index (χ3n) is 3.68. The zero-order chi connectivity index (χ0) is 18.7. The summed E-state index contributed by atoms with van der Waals surface area (Å²) in [7, 11) is 0. The third-order valence-corrected chi connectivity index (χ3v) is 4.76. The van der Waals surface area contributed by atoms with Crippen LogP contribution in [-0.4, -0.2) is 4.98 Å². The first kappa shape index (κ1) is 17.3. The molecule has 0 fully saturated rings. The zero-order valence-corrected chi connectivity index (χ0v) is 14.2. The molecule has 0 aliphatic carbocycles. The Labute approximate surface area is 153 Å². The average Bonchev–Trinajstić information content (AvgIpc) is 2.63. The molecule has 26 heavy (non-hydrogen) atoms. The maximum Gasteiger partial charge on any atom is 0.143 e. The van der Waals surface area contributed by atoms with Crippen LogP contribution < -0.4 is 11.5 Å². The number of nitrogens with zero attached hydrogens (tertiary/aromatic N) is 3. The highest BCUT2D eigenvalue weighted by molar-refractivity contribution is 7.99. The Balaban J connectivity index is 2.29. The van der Waals surface area contributed by atoms with Crippen LogP contribution in [0, 0.1) is 28.5 Å². The summed E-state index contributed by atoms with van der Waals surface area (Å²) in [5, 5.41) is 19.4. The number of halogens is 1. The minimum absolute atomic E-state index is 0.0305. The van der Waals surface area contributed by atoms with Crippen LogP contribution in [0.4, 0.5) is 15.9 Å². The van der Waals surface area contributed by atoms with E-state index < -0.39 is 5.82 Å². The summed E-state index contributed by atoms with van der Waals surface area (Å²) in [4.78, 5) is 4.87. The van der Waals surface area contributed by atoms with Gasteiger partial charge in [-0.05, 0) is 18.2 Å². The maximum atomic E-state index is 14.4. The predicted octanol–water partition coefficient (Wildman–Crippen LogP) is 3.95. The van der Waals surface area contributed by atoms with Crippen molar-refractivity contribution in [1.82, 2.24) is 4.98 Å². The minimum atomic E-state index is -0.554. The number of hydrogen-bond donors (Lipinski definition) is 2.